The molecule has 4 aromatic rings. The molecule has 0 aliphatic carbocycles. The van der Waals surface area contributed by atoms with E-state index in [1.165, 1.54) is 13.2 Å². The number of anilines is 1. The summed E-state index contributed by atoms with van der Waals surface area (Å²) in [5, 5.41) is 4.19. The van der Waals surface area contributed by atoms with Crippen molar-refractivity contribution in [1.29, 1.82) is 0 Å². The van der Waals surface area contributed by atoms with Crippen molar-refractivity contribution in [2.75, 3.05) is 19.5 Å². The molecule has 2 N–H and O–H groups in total. The molecule has 0 atom stereocenters. The first-order valence-corrected chi connectivity index (χ1v) is 9.03. The van der Waals surface area contributed by atoms with Gasteiger partial charge in [0.1, 0.15) is 17.2 Å². The van der Waals surface area contributed by atoms with Gasteiger partial charge >= 0.3 is 0 Å². The summed E-state index contributed by atoms with van der Waals surface area (Å²) in [4.78, 5) is 15.9. The van der Waals surface area contributed by atoms with E-state index in [9.17, 15) is 4.39 Å². The van der Waals surface area contributed by atoms with Gasteiger partial charge in [-0.15, -0.1) is 0 Å². The summed E-state index contributed by atoms with van der Waals surface area (Å²) in [6.45, 7) is 0.411. The monoisotopic (exact) mass is 393 g/mol. The van der Waals surface area contributed by atoms with Crippen LogP contribution in [0.25, 0.3) is 11.0 Å². The fraction of sp³-hybridized carbons (Fsp3) is 0.190. The van der Waals surface area contributed by atoms with Crippen molar-refractivity contribution in [2.45, 2.75) is 13.0 Å². The molecule has 0 aromatic carbocycles. The van der Waals surface area contributed by atoms with E-state index < -0.39 is 5.82 Å². The molecule has 0 fully saturated rings. The van der Waals surface area contributed by atoms with Crippen LogP contribution in [0.3, 0.4) is 0 Å². The first kappa shape index (κ1) is 18.7. The molecule has 8 heteroatoms. The van der Waals surface area contributed by atoms with Crippen LogP contribution in [0.4, 0.5) is 10.2 Å². The number of ether oxygens (including phenoxy) is 2. The van der Waals surface area contributed by atoms with Gasteiger partial charge in [-0.25, -0.2) is 19.3 Å². The highest BCUT2D eigenvalue weighted by Crippen LogP contribution is 2.23. The van der Waals surface area contributed by atoms with Crippen molar-refractivity contribution >= 4 is 16.9 Å². The van der Waals surface area contributed by atoms with Crippen molar-refractivity contribution in [3.63, 3.8) is 0 Å². The Bertz CT molecular complexity index is 1130. The molecule has 0 unspecified atom stereocenters. The van der Waals surface area contributed by atoms with Gasteiger partial charge < -0.3 is 19.8 Å². The van der Waals surface area contributed by atoms with Gasteiger partial charge in [-0.1, -0.05) is 6.07 Å². The molecule has 0 aliphatic rings. The maximum Gasteiger partial charge on any atom is 0.250 e. The molecule has 148 valence electrons. The Morgan fingerprint density at radius 3 is 2.59 bits per heavy atom. The lowest BCUT2D eigenvalue weighted by molar-refractivity contribution is 0.368. The van der Waals surface area contributed by atoms with Crippen LogP contribution in [0.2, 0.25) is 0 Å². The number of methoxy groups -OCH3 is 2. The molecule has 29 heavy (non-hydrogen) atoms. The average molecular weight is 393 g/mol. The van der Waals surface area contributed by atoms with Gasteiger partial charge in [0.25, 0.3) is 0 Å². The summed E-state index contributed by atoms with van der Waals surface area (Å²) in [7, 11) is 3.01. The number of H-pyrrole nitrogens is 1. The van der Waals surface area contributed by atoms with Gasteiger partial charge in [0.2, 0.25) is 5.88 Å². The second-order valence-corrected chi connectivity index (χ2v) is 6.50. The molecule has 0 saturated carbocycles. The first-order chi connectivity index (χ1) is 14.2. The molecule has 4 rings (SSSR count). The first-order valence-electron chi connectivity index (χ1n) is 9.03. The molecule has 4 heterocycles. The third-order valence-electron chi connectivity index (χ3n) is 4.58. The predicted octanol–water partition coefficient (Wildman–Crippen LogP) is 3.71. The number of nitrogens with zero attached hydrogens (tertiary/aromatic N) is 3. The highest BCUT2D eigenvalue weighted by Gasteiger charge is 2.08. The molecule has 7 nitrogen and oxygen atoms in total. The zero-order valence-electron chi connectivity index (χ0n) is 16.1. The van der Waals surface area contributed by atoms with Crippen molar-refractivity contribution < 1.29 is 13.9 Å². The van der Waals surface area contributed by atoms with E-state index >= 15 is 0 Å². The van der Waals surface area contributed by atoms with Gasteiger partial charge in [0, 0.05) is 36.9 Å². The number of fused-ring (bicyclic) bond motifs is 1. The van der Waals surface area contributed by atoms with Gasteiger partial charge in [-0.2, -0.15) is 0 Å². The average Bonchev–Trinajstić information content (AvgIpc) is 3.15. The van der Waals surface area contributed by atoms with E-state index in [1.54, 1.807) is 19.5 Å². The molecule has 0 saturated heterocycles. The van der Waals surface area contributed by atoms with E-state index in [4.69, 9.17) is 9.47 Å². The molecule has 0 bridgehead atoms. The van der Waals surface area contributed by atoms with Crippen LogP contribution >= 0.6 is 0 Å². The topological polar surface area (TPSA) is 85.0 Å². The standard InChI is InChI=1S/C21H20FN5O2/c1-28-16-7-17-15(11-25-20(17)26-12-16)5-13-3-4-19(23-8-13)24-9-14-6-18(22)21(29-2)27-10-14/h3-4,6-8,10-12H,5,9H2,1-2H3,(H,23,24)(H,25,26). The van der Waals surface area contributed by atoms with Crippen LogP contribution in [0.1, 0.15) is 16.7 Å². The van der Waals surface area contributed by atoms with E-state index in [0.29, 0.717) is 17.9 Å². The Labute approximate surface area is 166 Å². The lowest BCUT2D eigenvalue weighted by Gasteiger charge is -2.08. The van der Waals surface area contributed by atoms with Crippen LogP contribution in [-0.2, 0) is 13.0 Å². The maximum absolute atomic E-state index is 13.7. The number of pyridine rings is 3. The fourth-order valence-electron chi connectivity index (χ4n) is 3.05. The summed E-state index contributed by atoms with van der Waals surface area (Å²) < 4.78 is 23.8. The Morgan fingerprint density at radius 2 is 1.86 bits per heavy atom. The number of aromatic nitrogens is 4. The van der Waals surface area contributed by atoms with E-state index in [0.717, 1.165) is 34.3 Å². The highest BCUT2D eigenvalue weighted by atomic mass is 19.1. The van der Waals surface area contributed by atoms with Crippen LogP contribution in [0, 0.1) is 5.82 Å². The normalized spacial score (nSPS) is 10.9. The number of aromatic amines is 1. The SMILES string of the molecule is COc1cnc2[nH]cc(Cc3ccc(NCc4cnc(OC)c(F)c4)nc3)c2c1. The molecule has 0 spiro atoms. The summed E-state index contributed by atoms with van der Waals surface area (Å²) in [6, 6.07) is 7.27. The minimum Gasteiger partial charge on any atom is -0.495 e. The summed E-state index contributed by atoms with van der Waals surface area (Å²) >= 11 is 0. The predicted molar refractivity (Wildman–Crippen MR) is 108 cm³/mol. The van der Waals surface area contributed by atoms with Crippen molar-refractivity contribution in [1.82, 2.24) is 19.9 Å². The van der Waals surface area contributed by atoms with E-state index in [-0.39, 0.29) is 5.88 Å². The largest absolute Gasteiger partial charge is 0.495 e. The molecular weight excluding hydrogens is 373 g/mol. The number of hydrogen-bond donors (Lipinski definition) is 2. The highest BCUT2D eigenvalue weighted by molar-refractivity contribution is 5.81. The van der Waals surface area contributed by atoms with E-state index in [1.807, 2.05) is 30.6 Å². The minimum absolute atomic E-state index is 0.0127. The Morgan fingerprint density at radius 1 is 1.00 bits per heavy atom. The lowest BCUT2D eigenvalue weighted by atomic mass is 10.1. The minimum atomic E-state index is -0.486. The van der Waals surface area contributed by atoms with Crippen molar-refractivity contribution in [3.05, 3.63) is 71.6 Å². The quantitative estimate of drug-likeness (QED) is 0.498. The molecule has 0 aliphatic heterocycles. The summed E-state index contributed by atoms with van der Waals surface area (Å²) in [5.74, 6) is 0.925. The lowest BCUT2D eigenvalue weighted by Crippen LogP contribution is -2.03. The second kappa shape index (κ2) is 8.14. The van der Waals surface area contributed by atoms with Crippen molar-refractivity contribution in [3.8, 4) is 11.6 Å². The van der Waals surface area contributed by atoms with Gasteiger partial charge in [0.15, 0.2) is 5.82 Å². The third-order valence-corrected chi connectivity index (χ3v) is 4.58. The van der Waals surface area contributed by atoms with Gasteiger partial charge in [-0.3, -0.25) is 0 Å². The van der Waals surface area contributed by atoms with Crippen molar-refractivity contribution in [2.24, 2.45) is 0 Å². The zero-order chi connectivity index (χ0) is 20.2. The number of nitrogens with one attached hydrogen (secondary N) is 2. The Hall–Kier alpha value is -3.68. The fourth-order valence-corrected chi connectivity index (χ4v) is 3.05. The van der Waals surface area contributed by atoms with Gasteiger partial charge in [0.05, 0.1) is 20.4 Å². The second-order valence-electron chi connectivity index (χ2n) is 6.50. The van der Waals surface area contributed by atoms with Gasteiger partial charge in [-0.05, 0) is 34.9 Å². The van der Waals surface area contributed by atoms with Crippen LogP contribution in [0.15, 0.2) is 49.1 Å². The molecular formula is C21H20FN5O2. The zero-order valence-corrected chi connectivity index (χ0v) is 16.1. The third kappa shape index (κ3) is 4.11. The number of halogens is 1. The van der Waals surface area contributed by atoms with Crippen LogP contribution in [-0.4, -0.2) is 34.2 Å². The maximum atomic E-state index is 13.7. The Balaban J connectivity index is 1.42. The molecule has 0 radical (unpaired) electrons. The summed E-state index contributed by atoms with van der Waals surface area (Å²) in [5.41, 5.74) is 3.71. The summed E-state index contributed by atoms with van der Waals surface area (Å²) in [6.07, 6.45) is 7.75. The number of hydrogen-bond acceptors (Lipinski definition) is 6. The smallest absolute Gasteiger partial charge is 0.250 e. The van der Waals surface area contributed by atoms with Crippen LogP contribution < -0.4 is 14.8 Å². The Kier molecular flexibility index (Phi) is 5.24. The molecule has 0 amide bonds. The molecule has 4 aromatic heterocycles. The van der Waals surface area contributed by atoms with E-state index in [2.05, 4.69) is 25.3 Å². The van der Waals surface area contributed by atoms with Crippen LogP contribution in [0.5, 0.6) is 11.6 Å². The number of rotatable bonds is 7.